The Balaban J connectivity index is 1.68. The van der Waals surface area contributed by atoms with Gasteiger partial charge in [0.05, 0.1) is 20.3 Å². The molecule has 3 N–H and O–H groups in total. The number of methoxy groups -OCH3 is 1. The van der Waals surface area contributed by atoms with Crippen molar-refractivity contribution in [3.8, 4) is 5.75 Å². The number of nitrogens with two attached hydrogens (primary N) is 1. The molecule has 0 aromatic heterocycles. The van der Waals surface area contributed by atoms with Crippen LogP contribution in [0.25, 0.3) is 0 Å². The maximum atomic E-state index is 5.76. The largest absolute Gasteiger partial charge is 0.497 e. The van der Waals surface area contributed by atoms with Crippen LogP contribution in [0.1, 0.15) is 5.56 Å². The van der Waals surface area contributed by atoms with E-state index in [2.05, 4.69) is 17.4 Å². The normalized spacial score (nSPS) is 17.2. The minimum Gasteiger partial charge on any atom is -0.497 e. The highest BCUT2D eigenvalue weighted by Crippen LogP contribution is 2.24. The third kappa shape index (κ3) is 3.22. The molecule has 0 atom stereocenters. The van der Waals surface area contributed by atoms with Gasteiger partial charge in [-0.05, 0) is 30.7 Å². The molecule has 2 rings (SSSR count). The predicted molar refractivity (Wildman–Crippen MR) is 71.9 cm³/mol. The van der Waals surface area contributed by atoms with Crippen molar-refractivity contribution in [3.05, 3.63) is 29.8 Å². The highest BCUT2D eigenvalue weighted by atomic mass is 16.5. The first-order valence-corrected chi connectivity index (χ1v) is 6.39. The zero-order valence-electron chi connectivity index (χ0n) is 10.9. The molecule has 1 heterocycles. The summed E-state index contributed by atoms with van der Waals surface area (Å²) in [5.41, 5.74) is 7.26. The molecule has 1 aliphatic heterocycles. The molecule has 4 nitrogen and oxygen atoms in total. The minimum atomic E-state index is 0.180. The molecular weight excluding hydrogens is 228 g/mol. The molecule has 1 aromatic carbocycles. The number of hydrogen-bond donors (Lipinski definition) is 2. The quantitative estimate of drug-likeness (QED) is 0.703. The molecular formula is C14H22N2O2. The van der Waals surface area contributed by atoms with E-state index in [0.29, 0.717) is 6.54 Å². The molecule has 0 radical (unpaired) electrons. The molecule has 1 aromatic rings. The van der Waals surface area contributed by atoms with E-state index in [1.807, 2.05) is 12.1 Å². The summed E-state index contributed by atoms with van der Waals surface area (Å²) in [7, 11) is 1.68. The number of benzene rings is 1. The van der Waals surface area contributed by atoms with E-state index in [4.69, 9.17) is 15.2 Å². The molecule has 1 aliphatic rings. The van der Waals surface area contributed by atoms with E-state index < -0.39 is 0 Å². The standard InChI is InChI=1S/C14H22N2O2/c1-17-13-4-2-12(3-5-13)6-7-16-9-14(8-15)10-18-11-14/h2-5,16H,6-11,15H2,1H3. The monoisotopic (exact) mass is 250 g/mol. The summed E-state index contributed by atoms with van der Waals surface area (Å²) >= 11 is 0. The predicted octanol–water partition coefficient (Wildman–Crippen LogP) is 0.803. The molecule has 0 saturated carbocycles. The van der Waals surface area contributed by atoms with Crippen LogP contribution in [0.5, 0.6) is 5.75 Å². The molecule has 100 valence electrons. The van der Waals surface area contributed by atoms with E-state index in [1.165, 1.54) is 5.56 Å². The number of hydrogen-bond acceptors (Lipinski definition) is 4. The molecule has 4 heteroatoms. The van der Waals surface area contributed by atoms with Crippen molar-refractivity contribution in [2.75, 3.05) is 40.0 Å². The lowest BCUT2D eigenvalue weighted by molar-refractivity contribution is -0.104. The summed E-state index contributed by atoms with van der Waals surface area (Å²) in [6, 6.07) is 8.20. The molecule has 0 amide bonds. The fourth-order valence-electron chi connectivity index (χ4n) is 2.06. The van der Waals surface area contributed by atoms with Crippen LogP contribution in [-0.2, 0) is 11.2 Å². The Kier molecular flexibility index (Phi) is 4.58. The lowest BCUT2D eigenvalue weighted by Gasteiger charge is -2.40. The maximum Gasteiger partial charge on any atom is 0.118 e. The van der Waals surface area contributed by atoms with Gasteiger partial charge < -0.3 is 20.5 Å². The van der Waals surface area contributed by atoms with Gasteiger partial charge in [0.25, 0.3) is 0 Å². The Labute approximate surface area is 108 Å². The van der Waals surface area contributed by atoms with Gasteiger partial charge in [-0.15, -0.1) is 0 Å². The number of ether oxygens (including phenoxy) is 2. The van der Waals surface area contributed by atoms with Crippen LogP contribution in [0, 0.1) is 5.41 Å². The van der Waals surface area contributed by atoms with Gasteiger partial charge in [-0.3, -0.25) is 0 Å². The van der Waals surface area contributed by atoms with Gasteiger partial charge in [0.15, 0.2) is 0 Å². The second-order valence-electron chi connectivity index (χ2n) is 4.97. The zero-order valence-corrected chi connectivity index (χ0v) is 10.9. The topological polar surface area (TPSA) is 56.5 Å². The fourth-order valence-corrected chi connectivity index (χ4v) is 2.06. The summed E-state index contributed by atoms with van der Waals surface area (Å²) in [4.78, 5) is 0. The Bertz CT molecular complexity index is 355. The van der Waals surface area contributed by atoms with Crippen LogP contribution >= 0.6 is 0 Å². The molecule has 0 bridgehead atoms. The Morgan fingerprint density at radius 3 is 2.56 bits per heavy atom. The molecule has 0 unspecified atom stereocenters. The minimum absolute atomic E-state index is 0.180. The van der Waals surface area contributed by atoms with Crippen molar-refractivity contribution >= 4 is 0 Å². The van der Waals surface area contributed by atoms with Gasteiger partial charge in [0, 0.05) is 18.5 Å². The summed E-state index contributed by atoms with van der Waals surface area (Å²) in [6.07, 6.45) is 1.02. The summed E-state index contributed by atoms with van der Waals surface area (Å²) in [5, 5.41) is 3.46. The van der Waals surface area contributed by atoms with E-state index >= 15 is 0 Å². The number of rotatable bonds is 7. The summed E-state index contributed by atoms with van der Waals surface area (Å²) in [5.74, 6) is 0.903. The van der Waals surface area contributed by atoms with Crippen LogP contribution in [0.2, 0.25) is 0 Å². The Morgan fingerprint density at radius 1 is 1.33 bits per heavy atom. The van der Waals surface area contributed by atoms with Gasteiger partial charge in [0.1, 0.15) is 5.75 Å². The van der Waals surface area contributed by atoms with E-state index in [0.717, 1.165) is 38.5 Å². The highest BCUT2D eigenvalue weighted by Gasteiger charge is 2.36. The van der Waals surface area contributed by atoms with Gasteiger partial charge in [-0.2, -0.15) is 0 Å². The second kappa shape index (κ2) is 6.18. The summed E-state index contributed by atoms with van der Waals surface area (Å²) in [6.45, 7) is 4.19. The Hall–Kier alpha value is -1.10. The van der Waals surface area contributed by atoms with Crippen molar-refractivity contribution in [1.29, 1.82) is 0 Å². The zero-order chi connectivity index (χ0) is 12.8. The van der Waals surface area contributed by atoms with E-state index in [9.17, 15) is 0 Å². The molecule has 18 heavy (non-hydrogen) atoms. The first-order chi connectivity index (χ1) is 8.78. The van der Waals surface area contributed by atoms with Crippen molar-refractivity contribution in [1.82, 2.24) is 5.32 Å². The summed E-state index contributed by atoms with van der Waals surface area (Å²) < 4.78 is 10.4. The first-order valence-electron chi connectivity index (χ1n) is 6.39. The van der Waals surface area contributed by atoms with E-state index in [1.54, 1.807) is 7.11 Å². The van der Waals surface area contributed by atoms with Crippen LogP contribution < -0.4 is 15.8 Å². The SMILES string of the molecule is COc1ccc(CCNCC2(CN)COC2)cc1. The smallest absolute Gasteiger partial charge is 0.118 e. The molecule has 1 fully saturated rings. The van der Waals surface area contributed by atoms with Crippen LogP contribution in [-0.4, -0.2) is 40.0 Å². The molecule has 0 spiro atoms. The van der Waals surface area contributed by atoms with Gasteiger partial charge >= 0.3 is 0 Å². The lowest BCUT2D eigenvalue weighted by atomic mass is 9.86. The van der Waals surface area contributed by atoms with Crippen LogP contribution in [0.15, 0.2) is 24.3 Å². The Morgan fingerprint density at radius 2 is 2.06 bits per heavy atom. The van der Waals surface area contributed by atoms with Gasteiger partial charge in [-0.25, -0.2) is 0 Å². The highest BCUT2D eigenvalue weighted by molar-refractivity contribution is 5.27. The van der Waals surface area contributed by atoms with E-state index in [-0.39, 0.29) is 5.41 Å². The van der Waals surface area contributed by atoms with Crippen molar-refractivity contribution in [2.45, 2.75) is 6.42 Å². The van der Waals surface area contributed by atoms with Crippen molar-refractivity contribution in [3.63, 3.8) is 0 Å². The average molecular weight is 250 g/mol. The maximum absolute atomic E-state index is 5.76. The van der Waals surface area contributed by atoms with Gasteiger partial charge in [0.2, 0.25) is 0 Å². The first kappa shape index (κ1) is 13.3. The number of nitrogens with one attached hydrogen (secondary N) is 1. The third-order valence-electron chi connectivity index (χ3n) is 3.50. The van der Waals surface area contributed by atoms with Crippen LogP contribution in [0.4, 0.5) is 0 Å². The lowest BCUT2D eigenvalue weighted by Crippen LogP contribution is -2.54. The van der Waals surface area contributed by atoms with Gasteiger partial charge in [-0.1, -0.05) is 12.1 Å². The molecule has 0 aliphatic carbocycles. The van der Waals surface area contributed by atoms with Crippen LogP contribution in [0.3, 0.4) is 0 Å². The second-order valence-corrected chi connectivity index (χ2v) is 4.97. The average Bonchev–Trinajstić information content (AvgIpc) is 2.38. The van der Waals surface area contributed by atoms with Crippen molar-refractivity contribution < 1.29 is 9.47 Å². The van der Waals surface area contributed by atoms with Crippen molar-refractivity contribution in [2.24, 2.45) is 11.1 Å². The third-order valence-corrected chi connectivity index (χ3v) is 3.50. The molecule has 1 saturated heterocycles. The fraction of sp³-hybridized carbons (Fsp3) is 0.571.